The molecule has 26 heavy (non-hydrogen) atoms. The summed E-state index contributed by atoms with van der Waals surface area (Å²) < 4.78 is 12.5. The number of carbonyl (C=O) groups is 1. The second kappa shape index (κ2) is 6.88. The van der Waals surface area contributed by atoms with Crippen molar-refractivity contribution in [2.75, 3.05) is 7.11 Å². The molecule has 0 radical (unpaired) electrons. The summed E-state index contributed by atoms with van der Waals surface area (Å²) in [6.07, 6.45) is 0.722. The van der Waals surface area contributed by atoms with E-state index >= 15 is 0 Å². The van der Waals surface area contributed by atoms with Crippen molar-refractivity contribution in [1.29, 1.82) is 0 Å². The van der Waals surface area contributed by atoms with Crippen molar-refractivity contribution in [3.63, 3.8) is 0 Å². The van der Waals surface area contributed by atoms with Crippen LogP contribution in [-0.2, 0) is 17.7 Å². The monoisotopic (exact) mass is 346 g/mol. The predicted octanol–water partition coefficient (Wildman–Crippen LogP) is 4.06. The van der Waals surface area contributed by atoms with Crippen molar-refractivity contribution in [2.45, 2.75) is 13.0 Å². The maximum Gasteiger partial charge on any atom is 0.373 e. The molecule has 4 rings (SSSR count). The summed E-state index contributed by atoms with van der Waals surface area (Å²) >= 11 is 0. The van der Waals surface area contributed by atoms with E-state index in [1.54, 1.807) is 12.1 Å². The first-order valence-corrected chi connectivity index (χ1v) is 8.39. The van der Waals surface area contributed by atoms with Crippen LogP contribution in [0.2, 0.25) is 0 Å². The standard InChI is InChI=1S/C21H18N2O3/c1-25-21(24)19-12-11-16(26-19)14-23-18-10-6-5-9-17(18)22-20(23)13-15-7-3-2-4-8-15/h2-12H,13-14H2,1H3. The second-order valence-electron chi connectivity index (χ2n) is 6.02. The number of para-hydroxylation sites is 2. The van der Waals surface area contributed by atoms with Gasteiger partial charge in [-0.1, -0.05) is 42.5 Å². The number of nitrogens with zero attached hydrogens (tertiary/aromatic N) is 2. The van der Waals surface area contributed by atoms with Crippen molar-refractivity contribution in [3.05, 3.63) is 89.6 Å². The predicted molar refractivity (Wildman–Crippen MR) is 98.1 cm³/mol. The lowest BCUT2D eigenvalue weighted by Gasteiger charge is -2.08. The number of hydrogen-bond donors (Lipinski definition) is 0. The Morgan fingerprint density at radius 1 is 1.04 bits per heavy atom. The van der Waals surface area contributed by atoms with Crippen LogP contribution in [0.3, 0.4) is 0 Å². The fraction of sp³-hybridized carbons (Fsp3) is 0.143. The third-order valence-corrected chi connectivity index (χ3v) is 4.30. The molecule has 0 N–H and O–H groups in total. The first-order valence-electron chi connectivity index (χ1n) is 8.39. The van der Waals surface area contributed by atoms with Crippen LogP contribution in [-0.4, -0.2) is 22.6 Å². The first kappa shape index (κ1) is 16.1. The molecule has 130 valence electrons. The van der Waals surface area contributed by atoms with Gasteiger partial charge in [0.2, 0.25) is 5.76 Å². The van der Waals surface area contributed by atoms with Crippen molar-refractivity contribution in [3.8, 4) is 0 Å². The molecule has 5 nitrogen and oxygen atoms in total. The number of benzene rings is 2. The maximum absolute atomic E-state index is 11.6. The van der Waals surface area contributed by atoms with Crippen LogP contribution in [0.25, 0.3) is 11.0 Å². The smallest absolute Gasteiger partial charge is 0.373 e. The van der Waals surface area contributed by atoms with E-state index in [0.717, 1.165) is 23.3 Å². The molecular formula is C21H18N2O3. The lowest BCUT2D eigenvalue weighted by atomic mass is 10.1. The summed E-state index contributed by atoms with van der Waals surface area (Å²) in [5.74, 6) is 1.36. The number of aromatic nitrogens is 2. The number of furan rings is 1. The quantitative estimate of drug-likeness (QED) is 0.512. The highest BCUT2D eigenvalue weighted by Crippen LogP contribution is 2.21. The molecule has 0 saturated carbocycles. The average Bonchev–Trinajstić information content (AvgIpc) is 3.28. The largest absolute Gasteiger partial charge is 0.463 e. The van der Waals surface area contributed by atoms with Gasteiger partial charge >= 0.3 is 5.97 Å². The molecule has 0 bridgehead atoms. The SMILES string of the molecule is COC(=O)c1ccc(Cn2c(Cc3ccccc3)nc3ccccc32)o1. The Morgan fingerprint density at radius 3 is 2.62 bits per heavy atom. The third kappa shape index (κ3) is 3.11. The minimum atomic E-state index is -0.476. The number of methoxy groups -OCH3 is 1. The lowest BCUT2D eigenvalue weighted by Crippen LogP contribution is -2.05. The molecule has 0 fully saturated rings. The Labute approximate surface area is 150 Å². The summed E-state index contributed by atoms with van der Waals surface area (Å²) in [5, 5.41) is 0. The lowest BCUT2D eigenvalue weighted by molar-refractivity contribution is 0.0563. The van der Waals surface area contributed by atoms with E-state index in [2.05, 4.69) is 16.7 Å². The molecule has 0 saturated heterocycles. The number of carbonyl (C=O) groups excluding carboxylic acids is 1. The van der Waals surface area contributed by atoms with Crippen LogP contribution >= 0.6 is 0 Å². The molecule has 0 aliphatic carbocycles. The molecule has 0 aliphatic heterocycles. The number of esters is 1. The highest BCUT2D eigenvalue weighted by atomic mass is 16.5. The third-order valence-electron chi connectivity index (χ3n) is 4.30. The van der Waals surface area contributed by atoms with Crippen LogP contribution in [0, 0.1) is 0 Å². The van der Waals surface area contributed by atoms with Crippen LogP contribution < -0.4 is 0 Å². The van der Waals surface area contributed by atoms with Gasteiger partial charge in [-0.2, -0.15) is 0 Å². The number of imidazole rings is 1. The Balaban J connectivity index is 1.71. The van der Waals surface area contributed by atoms with Gasteiger partial charge in [0.1, 0.15) is 11.6 Å². The van der Waals surface area contributed by atoms with Gasteiger partial charge in [0.25, 0.3) is 0 Å². The Bertz CT molecular complexity index is 1050. The molecule has 5 heteroatoms. The number of rotatable bonds is 5. The van der Waals surface area contributed by atoms with Gasteiger partial charge < -0.3 is 13.7 Å². The number of hydrogen-bond acceptors (Lipinski definition) is 4. The fourth-order valence-corrected chi connectivity index (χ4v) is 3.04. The van der Waals surface area contributed by atoms with E-state index in [4.69, 9.17) is 14.1 Å². The van der Waals surface area contributed by atoms with E-state index < -0.39 is 5.97 Å². The van der Waals surface area contributed by atoms with Crippen LogP contribution in [0.4, 0.5) is 0 Å². The van der Waals surface area contributed by atoms with Crippen LogP contribution in [0.5, 0.6) is 0 Å². The minimum Gasteiger partial charge on any atom is -0.463 e. The van der Waals surface area contributed by atoms with Gasteiger partial charge in [0.15, 0.2) is 0 Å². The van der Waals surface area contributed by atoms with Gasteiger partial charge in [-0.05, 0) is 29.8 Å². The van der Waals surface area contributed by atoms with E-state index in [1.165, 1.54) is 12.7 Å². The topological polar surface area (TPSA) is 57.3 Å². The molecule has 2 aromatic heterocycles. The Hall–Kier alpha value is -3.34. The van der Waals surface area contributed by atoms with Crippen molar-refractivity contribution >= 4 is 17.0 Å². The molecule has 2 aromatic carbocycles. The number of ether oxygens (including phenoxy) is 1. The van der Waals surface area contributed by atoms with E-state index in [1.807, 2.05) is 42.5 Å². The zero-order valence-corrected chi connectivity index (χ0v) is 14.4. The summed E-state index contributed by atoms with van der Waals surface area (Å²) in [7, 11) is 1.34. The molecule has 0 amide bonds. The minimum absolute atomic E-state index is 0.205. The van der Waals surface area contributed by atoms with Crippen LogP contribution in [0.1, 0.15) is 27.7 Å². The van der Waals surface area contributed by atoms with Gasteiger partial charge in [-0.15, -0.1) is 0 Å². The molecule has 0 spiro atoms. The van der Waals surface area contributed by atoms with Crippen molar-refractivity contribution < 1.29 is 13.9 Å². The normalized spacial score (nSPS) is 11.0. The van der Waals surface area contributed by atoms with E-state index in [9.17, 15) is 4.79 Å². The van der Waals surface area contributed by atoms with Gasteiger partial charge in [0.05, 0.1) is 24.7 Å². The fourth-order valence-electron chi connectivity index (χ4n) is 3.04. The summed E-state index contributed by atoms with van der Waals surface area (Å²) in [5.41, 5.74) is 3.17. The molecule has 0 atom stereocenters. The maximum atomic E-state index is 11.6. The molecular weight excluding hydrogens is 328 g/mol. The summed E-state index contributed by atoms with van der Waals surface area (Å²) in [6.45, 7) is 0.500. The zero-order valence-electron chi connectivity index (χ0n) is 14.4. The Morgan fingerprint density at radius 2 is 1.81 bits per heavy atom. The van der Waals surface area contributed by atoms with Gasteiger partial charge in [-0.25, -0.2) is 9.78 Å². The Kier molecular flexibility index (Phi) is 4.27. The zero-order chi connectivity index (χ0) is 17.9. The highest BCUT2D eigenvalue weighted by Gasteiger charge is 2.15. The second-order valence-corrected chi connectivity index (χ2v) is 6.02. The number of fused-ring (bicyclic) bond motifs is 1. The van der Waals surface area contributed by atoms with E-state index in [0.29, 0.717) is 12.3 Å². The molecule has 0 aliphatic rings. The van der Waals surface area contributed by atoms with Gasteiger partial charge in [0, 0.05) is 6.42 Å². The highest BCUT2D eigenvalue weighted by molar-refractivity contribution is 5.86. The van der Waals surface area contributed by atoms with Crippen LogP contribution in [0.15, 0.2) is 71.1 Å². The van der Waals surface area contributed by atoms with E-state index in [-0.39, 0.29) is 5.76 Å². The first-order chi connectivity index (χ1) is 12.7. The molecule has 2 heterocycles. The van der Waals surface area contributed by atoms with Crippen molar-refractivity contribution in [2.24, 2.45) is 0 Å². The summed E-state index contributed by atoms with van der Waals surface area (Å²) in [4.78, 5) is 16.4. The van der Waals surface area contributed by atoms with Crippen molar-refractivity contribution in [1.82, 2.24) is 9.55 Å². The molecule has 4 aromatic rings. The summed E-state index contributed by atoms with van der Waals surface area (Å²) in [6, 6.07) is 21.7. The van der Waals surface area contributed by atoms with Gasteiger partial charge in [-0.3, -0.25) is 0 Å². The average molecular weight is 346 g/mol. The molecule has 0 unspecified atom stereocenters.